The molecule has 0 saturated heterocycles. The lowest BCUT2D eigenvalue weighted by molar-refractivity contribution is -0.127. The number of nitrogens with one attached hydrogen (secondary N) is 1. The van der Waals surface area contributed by atoms with Crippen LogP contribution in [0.1, 0.15) is 48.9 Å². The van der Waals surface area contributed by atoms with Gasteiger partial charge in [-0.3, -0.25) is 9.59 Å². The van der Waals surface area contributed by atoms with Gasteiger partial charge in [0.15, 0.2) is 5.78 Å². The number of unbranched alkanes of at least 4 members (excludes halogenated alkanes) is 1. The van der Waals surface area contributed by atoms with E-state index >= 15 is 0 Å². The van der Waals surface area contributed by atoms with E-state index in [4.69, 9.17) is 0 Å². The Labute approximate surface area is 159 Å². The molecule has 0 aliphatic heterocycles. The summed E-state index contributed by atoms with van der Waals surface area (Å²) < 4.78 is 15.1. The van der Waals surface area contributed by atoms with E-state index in [1.165, 1.54) is 24.3 Å². The molecule has 5 nitrogen and oxygen atoms in total. The highest BCUT2D eigenvalue weighted by Gasteiger charge is 2.35. The second-order valence-electron chi connectivity index (χ2n) is 7.17. The zero-order chi connectivity index (χ0) is 19.1. The topological polar surface area (TPSA) is 64.0 Å². The summed E-state index contributed by atoms with van der Waals surface area (Å²) in [6, 6.07) is 5.62. The van der Waals surface area contributed by atoms with Crippen LogP contribution in [-0.2, 0) is 11.3 Å². The number of carbonyl (C=O) groups excluding carboxylic acids is 2. The molecule has 1 aromatic carbocycles. The number of hydrogen-bond donors (Lipinski definition) is 1. The zero-order valence-electron chi connectivity index (χ0n) is 15.4. The number of nitrogens with zero attached hydrogens (tertiary/aromatic N) is 2. The number of halogens is 1. The van der Waals surface area contributed by atoms with E-state index in [0.29, 0.717) is 12.1 Å². The van der Waals surface area contributed by atoms with Gasteiger partial charge in [-0.15, -0.1) is 0 Å². The van der Waals surface area contributed by atoms with Gasteiger partial charge in [0.2, 0.25) is 5.91 Å². The number of ketones is 1. The van der Waals surface area contributed by atoms with Gasteiger partial charge in [-0.2, -0.15) is 0 Å². The predicted octanol–water partition coefficient (Wildman–Crippen LogP) is 3.61. The average molecular weight is 371 g/mol. The van der Waals surface area contributed by atoms with Crippen LogP contribution in [0.3, 0.4) is 0 Å². The number of aromatic nitrogens is 2. The van der Waals surface area contributed by atoms with E-state index in [9.17, 15) is 14.0 Å². The number of amides is 1. The normalized spacial score (nSPS) is 19.6. The molecule has 6 heteroatoms. The summed E-state index contributed by atoms with van der Waals surface area (Å²) in [5.74, 6) is -1.03. The Hall–Kier alpha value is -2.50. The number of benzene rings is 1. The standard InChI is InChI=1S/C21H26FN3O2/c22-17-9-7-16(8-10-17)20(26)18-5-1-2-6-19(18)21(27)24-11-3-4-13-25-14-12-23-15-25/h7-10,12,14-15,18-19H,1-6,11,13H2,(H,24,27)/t18-,19+/m1/s1. The Kier molecular flexibility index (Phi) is 6.74. The number of rotatable bonds is 8. The molecular weight excluding hydrogens is 345 g/mol. The van der Waals surface area contributed by atoms with Crippen LogP contribution in [0.25, 0.3) is 0 Å². The molecule has 1 amide bonds. The Balaban J connectivity index is 1.50. The molecule has 1 N–H and O–H groups in total. The van der Waals surface area contributed by atoms with E-state index in [1.54, 1.807) is 12.5 Å². The third-order valence-corrected chi connectivity index (χ3v) is 5.27. The number of Topliss-reactive ketones (excluding diaryl/α,β-unsaturated/α-hetero) is 1. The van der Waals surface area contributed by atoms with Gasteiger partial charge >= 0.3 is 0 Å². The van der Waals surface area contributed by atoms with Gasteiger partial charge in [0, 0.05) is 42.9 Å². The monoisotopic (exact) mass is 371 g/mol. The largest absolute Gasteiger partial charge is 0.356 e. The van der Waals surface area contributed by atoms with Crippen molar-refractivity contribution in [3.05, 3.63) is 54.4 Å². The molecule has 1 saturated carbocycles. The first-order valence-corrected chi connectivity index (χ1v) is 9.68. The summed E-state index contributed by atoms with van der Waals surface area (Å²) in [5.41, 5.74) is 0.487. The first-order chi connectivity index (χ1) is 13.1. The van der Waals surface area contributed by atoms with Crippen molar-refractivity contribution in [2.24, 2.45) is 11.8 Å². The summed E-state index contributed by atoms with van der Waals surface area (Å²) in [6.07, 6.45) is 10.7. The van der Waals surface area contributed by atoms with Crippen molar-refractivity contribution < 1.29 is 14.0 Å². The summed E-state index contributed by atoms with van der Waals surface area (Å²) in [7, 11) is 0. The number of carbonyl (C=O) groups is 2. The fourth-order valence-electron chi connectivity index (χ4n) is 3.77. The first kappa shape index (κ1) is 19.3. The molecule has 0 unspecified atom stereocenters. The zero-order valence-corrected chi connectivity index (χ0v) is 15.4. The quantitative estimate of drug-likeness (QED) is 0.569. The van der Waals surface area contributed by atoms with Crippen molar-refractivity contribution in [2.45, 2.75) is 45.1 Å². The van der Waals surface area contributed by atoms with Gasteiger partial charge in [0.1, 0.15) is 5.82 Å². The van der Waals surface area contributed by atoms with Gasteiger partial charge in [-0.1, -0.05) is 12.8 Å². The van der Waals surface area contributed by atoms with Crippen molar-refractivity contribution in [3.63, 3.8) is 0 Å². The van der Waals surface area contributed by atoms with Gasteiger partial charge in [-0.25, -0.2) is 9.37 Å². The van der Waals surface area contributed by atoms with Crippen molar-refractivity contribution in [1.29, 1.82) is 0 Å². The number of hydrogen-bond acceptors (Lipinski definition) is 3. The fraction of sp³-hybridized carbons (Fsp3) is 0.476. The Bertz CT molecular complexity index is 743. The highest BCUT2D eigenvalue weighted by molar-refractivity contribution is 6.00. The van der Waals surface area contributed by atoms with E-state index in [2.05, 4.69) is 10.3 Å². The maximum absolute atomic E-state index is 13.1. The summed E-state index contributed by atoms with van der Waals surface area (Å²) in [5, 5.41) is 3.00. The minimum absolute atomic E-state index is 0.0298. The van der Waals surface area contributed by atoms with Gasteiger partial charge < -0.3 is 9.88 Å². The number of imidazole rings is 1. The van der Waals surface area contributed by atoms with E-state index in [0.717, 1.165) is 45.1 Å². The van der Waals surface area contributed by atoms with Crippen LogP contribution in [0, 0.1) is 17.7 Å². The van der Waals surface area contributed by atoms with Crippen LogP contribution in [0.15, 0.2) is 43.0 Å². The first-order valence-electron chi connectivity index (χ1n) is 9.68. The molecule has 3 rings (SSSR count). The summed E-state index contributed by atoms with van der Waals surface area (Å²) in [6.45, 7) is 1.49. The Morgan fingerprint density at radius 3 is 2.56 bits per heavy atom. The van der Waals surface area contributed by atoms with Crippen LogP contribution >= 0.6 is 0 Å². The molecule has 144 valence electrons. The molecule has 0 radical (unpaired) electrons. The molecule has 1 fully saturated rings. The lowest BCUT2D eigenvalue weighted by Crippen LogP contribution is -2.40. The second kappa shape index (κ2) is 9.44. The fourth-order valence-corrected chi connectivity index (χ4v) is 3.77. The molecule has 1 heterocycles. The van der Waals surface area contributed by atoms with Gasteiger partial charge in [0.05, 0.1) is 6.33 Å². The van der Waals surface area contributed by atoms with Crippen molar-refractivity contribution in [1.82, 2.24) is 14.9 Å². The molecule has 1 aliphatic rings. The molecule has 2 atom stereocenters. The van der Waals surface area contributed by atoms with Crippen molar-refractivity contribution in [2.75, 3.05) is 6.54 Å². The molecule has 27 heavy (non-hydrogen) atoms. The van der Waals surface area contributed by atoms with Crippen LogP contribution in [0.4, 0.5) is 4.39 Å². The predicted molar refractivity (Wildman–Crippen MR) is 101 cm³/mol. The smallest absolute Gasteiger partial charge is 0.223 e. The van der Waals surface area contributed by atoms with Crippen LogP contribution in [-0.4, -0.2) is 27.8 Å². The molecular formula is C21H26FN3O2. The van der Waals surface area contributed by atoms with E-state index in [-0.39, 0.29) is 29.3 Å². The second-order valence-corrected chi connectivity index (χ2v) is 7.17. The highest BCUT2D eigenvalue weighted by Crippen LogP contribution is 2.33. The third-order valence-electron chi connectivity index (χ3n) is 5.27. The van der Waals surface area contributed by atoms with Crippen LogP contribution < -0.4 is 5.32 Å². The minimum Gasteiger partial charge on any atom is -0.356 e. The molecule has 0 spiro atoms. The van der Waals surface area contributed by atoms with Crippen molar-refractivity contribution in [3.8, 4) is 0 Å². The van der Waals surface area contributed by atoms with Gasteiger partial charge in [-0.05, 0) is 49.9 Å². The molecule has 2 aromatic rings. The third kappa shape index (κ3) is 5.25. The average Bonchev–Trinajstić information content (AvgIpc) is 3.21. The van der Waals surface area contributed by atoms with E-state index < -0.39 is 0 Å². The lowest BCUT2D eigenvalue weighted by Gasteiger charge is -2.29. The van der Waals surface area contributed by atoms with Gasteiger partial charge in [0.25, 0.3) is 0 Å². The van der Waals surface area contributed by atoms with Crippen LogP contribution in [0.5, 0.6) is 0 Å². The van der Waals surface area contributed by atoms with E-state index in [1.807, 2.05) is 10.8 Å². The summed E-state index contributed by atoms with van der Waals surface area (Å²) >= 11 is 0. The molecule has 1 aromatic heterocycles. The molecule has 1 aliphatic carbocycles. The Morgan fingerprint density at radius 2 is 1.85 bits per heavy atom. The SMILES string of the molecule is O=C(NCCCCn1ccnc1)[C@H]1CCCC[C@H]1C(=O)c1ccc(F)cc1. The maximum atomic E-state index is 13.1. The van der Waals surface area contributed by atoms with Crippen molar-refractivity contribution >= 4 is 11.7 Å². The number of aryl methyl sites for hydroxylation is 1. The van der Waals surface area contributed by atoms with Crippen LogP contribution in [0.2, 0.25) is 0 Å². The Morgan fingerprint density at radius 1 is 1.11 bits per heavy atom. The highest BCUT2D eigenvalue weighted by atomic mass is 19.1. The lowest BCUT2D eigenvalue weighted by atomic mass is 9.75. The minimum atomic E-state index is -0.361. The maximum Gasteiger partial charge on any atom is 0.223 e. The summed E-state index contributed by atoms with van der Waals surface area (Å²) in [4.78, 5) is 29.5. The molecule has 0 bridgehead atoms.